The monoisotopic (exact) mass is 435 g/mol. The zero-order chi connectivity index (χ0) is 21.6. The Balaban J connectivity index is 1.31. The summed E-state index contributed by atoms with van der Waals surface area (Å²) in [7, 11) is 0. The Morgan fingerprint density at radius 2 is 1.68 bits per heavy atom. The van der Waals surface area contributed by atoms with E-state index in [0.29, 0.717) is 25.3 Å². The predicted octanol–water partition coefficient (Wildman–Crippen LogP) is 4.36. The number of nitrogens with zero attached hydrogens (tertiary/aromatic N) is 2. The van der Waals surface area contributed by atoms with Crippen molar-refractivity contribution in [3.8, 4) is 5.75 Å². The van der Waals surface area contributed by atoms with Crippen LogP contribution in [0.4, 0.5) is 11.4 Å². The van der Waals surface area contributed by atoms with Gasteiger partial charge in [0.05, 0.1) is 11.5 Å². The minimum absolute atomic E-state index is 0.113. The first-order valence-electron chi connectivity index (χ1n) is 10.4. The molecule has 0 unspecified atom stereocenters. The molecule has 6 nitrogen and oxygen atoms in total. The highest BCUT2D eigenvalue weighted by Gasteiger charge is 2.22. The number of rotatable bonds is 6. The summed E-state index contributed by atoms with van der Waals surface area (Å²) in [5.41, 5.74) is 2.41. The van der Waals surface area contributed by atoms with Gasteiger partial charge in [0.1, 0.15) is 5.75 Å². The number of hydrogen-bond donors (Lipinski definition) is 1. The van der Waals surface area contributed by atoms with E-state index in [4.69, 9.17) is 4.74 Å². The second-order valence-corrected chi connectivity index (χ2v) is 8.16. The summed E-state index contributed by atoms with van der Waals surface area (Å²) in [4.78, 5) is 29.9. The van der Waals surface area contributed by atoms with Crippen molar-refractivity contribution in [1.29, 1.82) is 0 Å². The summed E-state index contributed by atoms with van der Waals surface area (Å²) < 4.78 is 5.41. The first-order valence-corrected chi connectivity index (χ1v) is 11.2. The molecule has 1 aliphatic rings. The average molecular weight is 436 g/mol. The molecule has 1 N–H and O–H groups in total. The maximum absolute atomic E-state index is 12.5. The van der Waals surface area contributed by atoms with Gasteiger partial charge in [0, 0.05) is 43.1 Å². The molecular formula is C24H25N3O3S. The number of piperazine rings is 1. The van der Waals surface area contributed by atoms with Gasteiger partial charge in [-0.2, -0.15) is 0 Å². The standard InChI is InChI=1S/C24H25N3O3S/c1-2-30-21-11-5-18(6-12-21)23(28)25-19-7-9-20(10-8-19)26-13-15-27(16-14-26)24(29)22-4-3-17-31-22/h3-12,17H,2,13-16H2,1H3,(H,25,28). The first-order chi connectivity index (χ1) is 15.1. The van der Waals surface area contributed by atoms with E-state index in [1.54, 1.807) is 24.3 Å². The van der Waals surface area contributed by atoms with Crippen molar-refractivity contribution in [3.05, 3.63) is 76.5 Å². The Kier molecular flexibility index (Phi) is 6.52. The van der Waals surface area contributed by atoms with E-state index in [1.165, 1.54) is 11.3 Å². The van der Waals surface area contributed by atoms with Crippen molar-refractivity contribution in [1.82, 2.24) is 4.90 Å². The normalized spacial score (nSPS) is 13.7. The third-order valence-electron chi connectivity index (χ3n) is 5.22. The van der Waals surface area contributed by atoms with Gasteiger partial charge in [-0.05, 0) is 66.9 Å². The van der Waals surface area contributed by atoms with Crippen molar-refractivity contribution in [2.75, 3.05) is 43.0 Å². The fraction of sp³-hybridized carbons (Fsp3) is 0.250. The molecule has 0 aliphatic carbocycles. The number of ether oxygens (including phenoxy) is 1. The van der Waals surface area contributed by atoms with Crippen LogP contribution in [0.1, 0.15) is 27.0 Å². The van der Waals surface area contributed by atoms with Gasteiger partial charge < -0.3 is 19.9 Å². The number of hydrogen-bond acceptors (Lipinski definition) is 5. The summed E-state index contributed by atoms with van der Waals surface area (Å²) in [5, 5.41) is 4.86. The molecule has 1 fully saturated rings. The molecule has 0 atom stereocenters. The van der Waals surface area contributed by atoms with Crippen LogP contribution in [-0.4, -0.2) is 49.5 Å². The molecule has 160 valence electrons. The number of nitrogens with one attached hydrogen (secondary N) is 1. The lowest BCUT2D eigenvalue weighted by atomic mass is 10.2. The van der Waals surface area contributed by atoms with Gasteiger partial charge in [-0.3, -0.25) is 9.59 Å². The molecule has 7 heteroatoms. The number of carbonyl (C=O) groups excluding carboxylic acids is 2. The molecule has 0 saturated carbocycles. The molecule has 0 spiro atoms. The van der Waals surface area contributed by atoms with Crippen molar-refractivity contribution >= 4 is 34.5 Å². The Morgan fingerprint density at radius 3 is 2.29 bits per heavy atom. The maximum atomic E-state index is 12.5. The van der Waals surface area contributed by atoms with E-state index >= 15 is 0 Å². The summed E-state index contributed by atoms with van der Waals surface area (Å²) in [6.07, 6.45) is 0. The highest BCUT2D eigenvalue weighted by molar-refractivity contribution is 7.12. The van der Waals surface area contributed by atoms with E-state index in [1.807, 2.05) is 53.6 Å². The van der Waals surface area contributed by atoms with Gasteiger partial charge in [0.2, 0.25) is 0 Å². The van der Waals surface area contributed by atoms with E-state index in [9.17, 15) is 9.59 Å². The Morgan fingerprint density at radius 1 is 0.968 bits per heavy atom. The van der Waals surface area contributed by atoms with Crippen LogP contribution in [0.25, 0.3) is 0 Å². The molecule has 2 amide bonds. The Bertz CT molecular complexity index is 1010. The molecule has 1 aliphatic heterocycles. The number of carbonyl (C=O) groups is 2. The first kappa shape index (κ1) is 20.9. The maximum Gasteiger partial charge on any atom is 0.264 e. The minimum Gasteiger partial charge on any atom is -0.494 e. The Hall–Kier alpha value is -3.32. The van der Waals surface area contributed by atoms with Crippen molar-refractivity contribution in [3.63, 3.8) is 0 Å². The van der Waals surface area contributed by atoms with E-state index in [0.717, 1.165) is 35.1 Å². The highest BCUT2D eigenvalue weighted by atomic mass is 32.1. The van der Waals surface area contributed by atoms with Gasteiger partial charge in [-0.15, -0.1) is 11.3 Å². The molecule has 1 saturated heterocycles. The summed E-state index contributed by atoms with van der Waals surface area (Å²) in [6.45, 7) is 5.50. The molecule has 3 aromatic rings. The quantitative estimate of drug-likeness (QED) is 0.625. The molecule has 2 aromatic carbocycles. The zero-order valence-corrected chi connectivity index (χ0v) is 18.2. The smallest absolute Gasteiger partial charge is 0.264 e. The molecule has 31 heavy (non-hydrogen) atoms. The van der Waals surface area contributed by atoms with Crippen LogP contribution in [0.3, 0.4) is 0 Å². The number of benzene rings is 2. The average Bonchev–Trinajstić information content (AvgIpc) is 3.35. The molecule has 2 heterocycles. The lowest BCUT2D eigenvalue weighted by Crippen LogP contribution is -2.48. The van der Waals surface area contributed by atoms with Crippen LogP contribution in [-0.2, 0) is 0 Å². The van der Waals surface area contributed by atoms with Crippen LogP contribution < -0.4 is 15.0 Å². The molecule has 4 rings (SSSR count). The third-order valence-corrected chi connectivity index (χ3v) is 6.07. The molecule has 0 bridgehead atoms. The van der Waals surface area contributed by atoms with Crippen LogP contribution in [0, 0.1) is 0 Å². The zero-order valence-electron chi connectivity index (χ0n) is 17.4. The van der Waals surface area contributed by atoms with Gasteiger partial charge in [0.25, 0.3) is 11.8 Å². The van der Waals surface area contributed by atoms with E-state index in [2.05, 4.69) is 10.2 Å². The van der Waals surface area contributed by atoms with Crippen molar-refractivity contribution in [2.24, 2.45) is 0 Å². The fourth-order valence-electron chi connectivity index (χ4n) is 3.55. The van der Waals surface area contributed by atoms with Crippen molar-refractivity contribution < 1.29 is 14.3 Å². The summed E-state index contributed by atoms with van der Waals surface area (Å²) in [6, 6.07) is 18.7. The third kappa shape index (κ3) is 5.06. The van der Waals surface area contributed by atoms with Gasteiger partial charge in [-0.25, -0.2) is 0 Å². The van der Waals surface area contributed by atoms with Gasteiger partial charge >= 0.3 is 0 Å². The van der Waals surface area contributed by atoms with E-state index < -0.39 is 0 Å². The summed E-state index contributed by atoms with van der Waals surface area (Å²) in [5.74, 6) is 0.707. The van der Waals surface area contributed by atoms with Crippen LogP contribution in [0.2, 0.25) is 0 Å². The van der Waals surface area contributed by atoms with Crippen LogP contribution in [0.15, 0.2) is 66.0 Å². The number of anilines is 2. The fourth-order valence-corrected chi connectivity index (χ4v) is 4.24. The predicted molar refractivity (Wildman–Crippen MR) is 124 cm³/mol. The SMILES string of the molecule is CCOc1ccc(C(=O)Nc2ccc(N3CCN(C(=O)c4cccs4)CC3)cc2)cc1. The number of thiophene rings is 1. The largest absolute Gasteiger partial charge is 0.494 e. The van der Waals surface area contributed by atoms with E-state index in [-0.39, 0.29) is 11.8 Å². The lowest BCUT2D eigenvalue weighted by Gasteiger charge is -2.36. The molecular weight excluding hydrogens is 410 g/mol. The second kappa shape index (κ2) is 9.66. The highest BCUT2D eigenvalue weighted by Crippen LogP contribution is 2.22. The van der Waals surface area contributed by atoms with Crippen LogP contribution in [0.5, 0.6) is 5.75 Å². The second-order valence-electron chi connectivity index (χ2n) is 7.21. The topological polar surface area (TPSA) is 61.9 Å². The Labute approximate surface area is 186 Å². The van der Waals surface area contributed by atoms with Crippen LogP contribution >= 0.6 is 11.3 Å². The lowest BCUT2D eigenvalue weighted by molar-refractivity contribution is 0.0751. The van der Waals surface area contributed by atoms with Gasteiger partial charge in [-0.1, -0.05) is 6.07 Å². The van der Waals surface area contributed by atoms with Crippen molar-refractivity contribution in [2.45, 2.75) is 6.92 Å². The molecule has 0 radical (unpaired) electrons. The minimum atomic E-state index is -0.156. The molecule has 1 aromatic heterocycles. The van der Waals surface area contributed by atoms with Gasteiger partial charge in [0.15, 0.2) is 0 Å². The number of amides is 2. The summed E-state index contributed by atoms with van der Waals surface area (Å²) >= 11 is 1.48.